The van der Waals surface area contributed by atoms with E-state index in [2.05, 4.69) is 25.2 Å². The summed E-state index contributed by atoms with van der Waals surface area (Å²) in [5.74, 6) is 0.738. The van der Waals surface area contributed by atoms with Gasteiger partial charge >= 0.3 is 0 Å². The van der Waals surface area contributed by atoms with E-state index < -0.39 is 0 Å². The molecule has 0 amide bonds. The molecule has 0 bridgehead atoms. The fraction of sp³-hybridized carbons (Fsp3) is 0.588. The van der Waals surface area contributed by atoms with Crippen LogP contribution in [0.3, 0.4) is 0 Å². The summed E-state index contributed by atoms with van der Waals surface area (Å²) in [5.41, 5.74) is 1.46. The third-order valence-corrected chi connectivity index (χ3v) is 3.50. The number of rotatable bonds is 9. The highest BCUT2D eigenvalue weighted by Crippen LogP contribution is 2.29. The predicted molar refractivity (Wildman–Crippen MR) is 84.2 cm³/mol. The third-order valence-electron chi connectivity index (χ3n) is 3.50. The van der Waals surface area contributed by atoms with Crippen LogP contribution in [0, 0.1) is 11.3 Å². The number of para-hydroxylation sites is 1. The molecule has 0 radical (unpaired) electrons. The highest BCUT2D eigenvalue weighted by molar-refractivity contribution is 5.66. The molecule has 1 unspecified atom stereocenters. The molecule has 0 aliphatic heterocycles. The van der Waals surface area contributed by atoms with E-state index in [0.29, 0.717) is 11.6 Å². The summed E-state index contributed by atoms with van der Waals surface area (Å²) in [5, 5.41) is 12.6. The van der Waals surface area contributed by atoms with Crippen molar-refractivity contribution in [3.8, 4) is 11.8 Å². The van der Waals surface area contributed by atoms with E-state index in [9.17, 15) is 5.26 Å². The number of hydrogen-bond acceptors (Lipinski definition) is 3. The van der Waals surface area contributed by atoms with Crippen molar-refractivity contribution >= 4 is 5.69 Å². The Hall–Kier alpha value is -1.69. The number of methoxy groups -OCH3 is 1. The molecule has 1 rings (SSSR count). The standard InChI is InChI=1S/C17H26N2O/c1-4-5-6-7-8-10-14(2)19-17-15(13-18)11-9-12-16(17)20-3/h9,11-12,14,19H,4-8,10H2,1-3H3. The minimum Gasteiger partial charge on any atom is -0.495 e. The topological polar surface area (TPSA) is 45.0 Å². The number of nitrogens with zero attached hydrogens (tertiary/aromatic N) is 1. The van der Waals surface area contributed by atoms with Crippen molar-refractivity contribution in [3.63, 3.8) is 0 Å². The summed E-state index contributed by atoms with van der Waals surface area (Å²) in [7, 11) is 1.64. The second-order valence-corrected chi connectivity index (χ2v) is 5.24. The zero-order valence-electron chi connectivity index (χ0n) is 12.9. The molecule has 0 saturated carbocycles. The quantitative estimate of drug-likeness (QED) is 0.662. The van der Waals surface area contributed by atoms with Crippen molar-refractivity contribution in [1.82, 2.24) is 0 Å². The van der Waals surface area contributed by atoms with Gasteiger partial charge in [-0.25, -0.2) is 0 Å². The van der Waals surface area contributed by atoms with Crippen LogP contribution >= 0.6 is 0 Å². The third kappa shape index (κ3) is 5.13. The van der Waals surface area contributed by atoms with Crippen molar-refractivity contribution in [3.05, 3.63) is 23.8 Å². The van der Waals surface area contributed by atoms with Gasteiger partial charge in [-0.3, -0.25) is 0 Å². The van der Waals surface area contributed by atoms with Gasteiger partial charge in [-0.1, -0.05) is 45.1 Å². The van der Waals surface area contributed by atoms with E-state index in [1.807, 2.05) is 18.2 Å². The van der Waals surface area contributed by atoms with E-state index in [0.717, 1.165) is 17.9 Å². The number of nitrogens with one attached hydrogen (secondary N) is 1. The van der Waals surface area contributed by atoms with Gasteiger partial charge in [0, 0.05) is 6.04 Å². The second kappa shape index (κ2) is 9.25. The van der Waals surface area contributed by atoms with Crippen LogP contribution in [0.5, 0.6) is 5.75 Å². The Morgan fingerprint density at radius 1 is 1.25 bits per heavy atom. The highest BCUT2D eigenvalue weighted by Gasteiger charge is 2.11. The van der Waals surface area contributed by atoms with Crippen molar-refractivity contribution in [1.29, 1.82) is 5.26 Å². The van der Waals surface area contributed by atoms with Crippen LogP contribution in [0.15, 0.2) is 18.2 Å². The summed E-state index contributed by atoms with van der Waals surface area (Å²) in [6.07, 6.45) is 7.56. The molecule has 110 valence electrons. The Labute approximate surface area is 123 Å². The molecular formula is C17H26N2O. The minimum atomic E-state index is 0.347. The largest absolute Gasteiger partial charge is 0.495 e. The number of benzene rings is 1. The SMILES string of the molecule is CCCCCCCC(C)Nc1c(C#N)cccc1OC. The molecule has 3 heteroatoms. The van der Waals surface area contributed by atoms with Gasteiger partial charge in [0.05, 0.1) is 18.4 Å². The fourth-order valence-electron chi connectivity index (χ4n) is 2.32. The Balaban J connectivity index is 2.53. The molecule has 1 atom stereocenters. The van der Waals surface area contributed by atoms with Crippen molar-refractivity contribution < 1.29 is 4.74 Å². The Bertz CT molecular complexity index is 437. The van der Waals surface area contributed by atoms with Crippen LogP contribution < -0.4 is 10.1 Å². The van der Waals surface area contributed by atoms with Gasteiger partial charge in [-0.15, -0.1) is 0 Å². The maximum atomic E-state index is 9.18. The molecule has 0 spiro atoms. The lowest BCUT2D eigenvalue weighted by atomic mass is 10.1. The highest BCUT2D eigenvalue weighted by atomic mass is 16.5. The molecule has 0 aromatic heterocycles. The van der Waals surface area contributed by atoms with E-state index >= 15 is 0 Å². The first kappa shape index (κ1) is 16.4. The summed E-state index contributed by atoms with van der Waals surface area (Å²) in [6, 6.07) is 8.11. The van der Waals surface area contributed by atoms with E-state index in [1.54, 1.807) is 7.11 Å². The van der Waals surface area contributed by atoms with Crippen molar-refractivity contribution in [2.75, 3.05) is 12.4 Å². The minimum absolute atomic E-state index is 0.347. The van der Waals surface area contributed by atoms with Crippen molar-refractivity contribution in [2.45, 2.75) is 58.4 Å². The normalized spacial score (nSPS) is 11.7. The van der Waals surface area contributed by atoms with Gasteiger partial charge in [-0.2, -0.15) is 5.26 Å². The molecule has 0 fully saturated rings. The molecular weight excluding hydrogens is 248 g/mol. The zero-order chi connectivity index (χ0) is 14.8. The lowest BCUT2D eigenvalue weighted by Gasteiger charge is -2.18. The summed E-state index contributed by atoms with van der Waals surface area (Å²) >= 11 is 0. The Morgan fingerprint density at radius 2 is 2.00 bits per heavy atom. The molecule has 0 aliphatic rings. The average Bonchev–Trinajstić information content (AvgIpc) is 2.47. The number of nitriles is 1. The molecule has 0 heterocycles. The van der Waals surface area contributed by atoms with Crippen LogP contribution in [0.4, 0.5) is 5.69 Å². The molecule has 3 nitrogen and oxygen atoms in total. The van der Waals surface area contributed by atoms with Gasteiger partial charge < -0.3 is 10.1 Å². The number of unbranched alkanes of at least 4 members (excludes halogenated alkanes) is 4. The number of anilines is 1. The average molecular weight is 274 g/mol. The van der Waals surface area contributed by atoms with E-state index in [1.165, 1.54) is 32.1 Å². The predicted octanol–water partition coefficient (Wildman–Crippen LogP) is 4.73. The monoisotopic (exact) mass is 274 g/mol. The lowest BCUT2D eigenvalue weighted by molar-refractivity contribution is 0.415. The van der Waals surface area contributed by atoms with Gasteiger partial charge in [-0.05, 0) is 25.5 Å². The van der Waals surface area contributed by atoms with Crippen LogP contribution in [-0.4, -0.2) is 13.2 Å². The van der Waals surface area contributed by atoms with Crippen LogP contribution in [0.25, 0.3) is 0 Å². The summed E-state index contributed by atoms with van der Waals surface area (Å²) in [4.78, 5) is 0. The molecule has 0 saturated heterocycles. The van der Waals surface area contributed by atoms with Gasteiger partial charge in [0.2, 0.25) is 0 Å². The Kier molecular flexibility index (Phi) is 7.57. The van der Waals surface area contributed by atoms with Crippen LogP contribution in [-0.2, 0) is 0 Å². The van der Waals surface area contributed by atoms with Gasteiger partial charge in [0.25, 0.3) is 0 Å². The lowest BCUT2D eigenvalue weighted by Crippen LogP contribution is -2.16. The maximum Gasteiger partial charge on any atom is 0.143 e. The molecule has 1 N–H and O–H groups in total. The van der Waals surface area contributed by atoms with E-state index in [4.69, 9.17) is 4.74 Å². The number of hydrogen-bond donors (Lipinski definition) is 1. The maximum absolute atomic E-state index is 9.18. The van der Waals surface area contributed by atoms with E-state index in [-0.39, 0.29) is 0 Å². The molecule has 1 aromatic rings. The second-order valence-electron chi connectivity index (χ2n) is 5.24. The molecule has 20 heavy (non-hydrogen) atoms. The van der Waals surface area contributed by atoms with Gasteiger partial charge in [0.15, 0.2) is 0 Å². The smallest absolute Gasteiger partial charge is 0.143 e. The first-order valence-corrected chi connectivity index (χ1v) is 7.56. The van der Waals surface area contributed by atoms with Crippen LogP contribution in [0.2, 0.25) is 0 Å². The first-order chi connectivity index (χ1) is 9.72. The summed E-state index contributed by atoms with van der Waals surface area (Å²) < 4.78 is 5.33. The molecule has 1 aromatic carbocycles. The first-order valence-electron chi connectivity index (χ1n) is 7.56. The number of ether oxygens (including phenoxy) is 1. The fourth-order valence-corrected chi connectivity index (χ4v) is 2.32. The summed E-state index contributed by atoms with van der Waals surface area (Å²) in [6.45, 7) is 4.39. The molecule has 0 aliphatic carbocycles. The van der Waals surface area contributed by atoms with Gasteiger partial charge in [0.1, 0.15) is 11.8 Å². The Morgan fingerprint density at radius 3 is 2.65 bits per heavy atom. The van der Waals surface area contributed by atoms with Crippen LogP contribution in [0.1, 0.15) is 57.9 Å². The van der Waals surface area contributed by atoms with Crippen molar-refractivity contribution in [2.24, 2.45) is 0 Å². The zero-order valence-corrected chi connectivity index (χ0v) is 12.9.